The lowest BCUT2D eigenvalue weighted by atomic mass is 9.80. The Morgan fingerprint density at radius 1 is 0.716 bits per heavy atom. The van der Waals surface area contributed by atoms with Crippen LogP contribution >= 0.6 is 0 Å². The molecule has 2 aromatic carbocycles. The van der Waals surface area contributed by atoms with Crippen molar-refractivity contribution in [1.82, 2.24) is 4.90 Å². The van der Waals surface area contributed by atoms with E-state index < -0.39 is 84.0 Å². The van der Waals surface area contributed by atoms with Gasteiger partial charge in [-0.1, -0.05) is 43.6 Å². The van der Waals surface area contributed by atoms with E-state index in [0.29, 0.717) is 71.1 Å². The van der Waals surface area contributed by atoms with Crippen molar-refractivity contribution in [3.05, 3.63) is 130 Å². The highest BCUT2D eigenvalue weighted by molar-refractivity contribution is 7.92. The highest BCUT2D eigenvalue weighted by Gasteiger charge is 2.43. The van der Waals surface area contributed by atoms with Crippen molar-refractivity contribution < 1.29 is 70.2 Å². The van der Waals surface area contributed by atoms with E-state index in [9.17, 15) is 56.5 Å². The fraction of sp³-hybridized carbons (Fsp3) is 0.418. The van der Waals surface area contributed by atoms with Gasteiger partial charge in [0.15, 0.2) is 5.71 Å². The summed E-state index contributed by atoms with van der Waals surface area (Å²) in [6.45, 7) is 9.82. The molecule has 21 nitrogen and oxygen atoms in total. The predicted molar refractivity (Wildman–Crippen MR) is 312 cm³/mol. The quantitative estimate of drug-likeness (QED) is 0.0336. The summed E-state index contributed by atoms with van der Waals surface area (Å²) in [6, 6.07) is 14.7. The van der Waals surface area contributed by atoms with Crippen LogP contribution in [0.2, 0.25) is 0 Å². The van der Waals surface area contributed by atoms with Crippen molar-refractivity contribution >= 4 is 85.1 Å². The number of aryl methyl sites for hydroxylation is 1. The van der Waals surface area contributed by atoms with Crippen LogP contribution in [0.4, 0.5) is 17.2 Å². The van der Waals surface area contributed by atoms with Gasteiger partial charge in [0.25, 0.3) is 30.4 Å². The highest BCUT2D eigenvalue weighted by Crippen LogP contribution is 2.45. The summed E-state index contributed by atoms with van der Waals surface area (Å²) in [5, 5.41) is 8.14. The molecule has 6 rings (SSSR count). The number of pyridine rings is 1. The fourth-order valence-electron chi connectivity index (χ4n) is 9.10. The number of aliphatic imine (C=N–C) groups is 2. The molecule has 1 unspecified atom stereocenters. The SMILES string of the molecule is CC(CCN1C=C(C#Cc2ccc(N(CCCS(=O)(=O)O)S(C)(=O)=O)cc2)C=C2C1=N/C(=C\C=C\C1=Nc3c(cc(C#Cc4ccc(N(CCCS(=O)(=O)O)S(C)(=O)=O)cc4)c[n+]3CCCCCC(=O)O)C1(C)C)C2(C)C)S(=O)(=O)O. The first kappa shape index (κ1) is 63.7. The van der Waals surface area contributed by atoms with Crippen LogP contribution in [0.25, 0.3) is 0 Å². The largest absolute Gasteiger partial charge is 0.481 e. The van der Waals surface area contributed by atoms with Gasteiger partial charge in [-0.05, 0) is 137 Å². The van der Waals surface area contributed by atoms with E-state index in [1.54, 1.807) is 47.5 Å². The molecular weight excluding hydrogens is 1140 g/mol. The molecule has 0 saturated carbocycles. The van der Waals surface area contributed by atoms with E-state index in [2.05, 4.69) is 23.7 Å². The normalized spacial score (nSPS) is 16.7. The molecule has 0 aliphatic carbocycles. The molecule has 0 saturated heterocycles. The lowest BCUT2D eigenvalue weighted by Gasteiger charge is -2.30. The summed E-state index contributed by atoms with van der Waals surface area (Å²) in [4.78, 5) is 23.2. The Bertz CT molecular complexity index is 3840. The molecule has 0 fully saturated rings. The van der Waals surface area contributed by atoms with E-state index in [1.807, 2.05) is 68.8 Å². The molecule has 1 atom stereocenters. The molecule has 81 heavy (non-hydrogen) atoms. The number of carboxylic acid groups (broad SMARTS) is 1. The average molecular weight is 1210 g/mol. The summed E-state index contributed by atoms with van der Waals surface area (Å²) < 4.78 is 152. The maximum absolute atomic E-state index is 12.6. The van der Waals surface area contributed by atoms with Gasteiger partial charge in [0.2, 0.25) is 20.0 Å². The van der Waals surface area contributed by atoms with E-state index >= 15 is 0 Å². The number of hydrogen-bond donors (Lipinski definition) is 4. The fourth-order valence-corrected chi connectivity index (χ4v) is 12.4. The standard InChI is InChI=1S/C55H66N6O15S5/c1-40(81(74,75)76)29-33-59-39-44(20-18-42-23-27-46(28-24-42)61(78(7,66)67)32-13-35-80(71,72)73)37-48-53(59)57-50(55(48,4)5)15-11-14-49-54(2,3)47-36-43(38-58(52(47)56-49)30-10-8-9-16-51(62)63)19-17-41-21-25-45(26-22-41)60(77(6,64)65)31-12-34-79(68,69)70/h11,14-15,21-28,36-40H,8-10,12-13,16,29-35H2,1-7H3,(H3-,62,63,68,69,70,71,72,73,74,75,76)/p+1. The summed E-state index contributed by atoms with van der Waals surface area (Å²) in [5.74, 6) is 11.9. The van der Waals surface area contributed by atoms with Gasteiger partial charge in [-0.3, -0.25) is 27.1 Å². The molecule has 1 aromatic heterocycles. The zero-order valence-electron chi connectivity index (χ0n) is 45.9. The average Bonchev–Trinajstić information content (AvgIpc) is 4.06. The number of anilines is 2. The lowest BCUT2D eigenvalue weighted by Crippen LogP contribution is -2.35. The van der Waals surface area contributed by atoms with Crippen molar-refractivity contribution in [1.29, 1.82) is 0 Å². The van der Waals surface area contributed by atoms with Gasteiger partial charge in [-0.25, -0.2) is 26.4 Å². The Labute approximate surface area is 475 Å². The zero-order valence-corrected chi connectivity index (χ0v) is 50.0. The Balaban J connectivity index is 1.28. The minimum absolute atomic E-state index is 0.0495. The topological polar surface area (TPSA) is 307 Å². The minimum atomic E-state index is -4.35. The molecule has 3 aliphatic rings. The van der Waals surface area contributed by atoms with Gasteiger partial charge in [0.1, 0.15) is 12.0 Å². The van der Waals surface area contributed by atoms with Crippen LogP contribution < -0.4 is 13.2 Å². The van der Waals surface area contributed by atoms with E-state index in [1.165, 1.54) is 19.1 Å². The molecule has 436 valence electrons. The van der Waals surface area contributed by atoms with Crippen LogP contribution in [0.15, 0.2) is 118 Å². The Hall–Kier alpha value is -6.49. The summed E-state index contributed by atoms with van der Waals surface area (Å²) in [5.41, 5.74) is 4.65. The maximum atomic E-state index is 12.6. The second-order valence-electron chi connectivity index (χ2n) is 21.0. The monoisotopic (exact) mass is 1210 g/mol. The number of hydrogen-bond acceptors (Lipinski definition) is 14. The molecule has 4 N–H and O–H groups in total. The molecule has 3 aromatic rings. The van der Waals surface area contributed by atoms with Gasteiger partial charge in [-0.2, -0.15) is 25.3 Å². The van der Waals surface area contributed by atoms with Crippen LogP contribution in [0.3, 0.4) is 0 Å². The van der Waals surface area contributed by atoms with Crippen LogP contribution in [0, 0.1) is 29.1 Å². The molecule has 4 heterocycles. The summed E-state index contributed by atoms with van der Waals surface area (Å²) in [7, 11) is -20.5. The second-order valence-corrected chi connectivity index (χ2v) is 29.7. The van der Waals surface area contributed by atoms with Gasteiger partial charge in [-0.15, -0.1) is 0 Å². The lowest BCUT2D eigenvalue weighted by molar-refractivity contribution is -0.685. The van der Waals surface area contributed by atoms with Crippen molar-refractivity contribution in [2.24, 2.45) is 15.4 Å². The number of unbranched alkanes of at least 4 members (excludes halogenated alkanes) is 2. The first-order valence-corrected chi connectivity index (χ1v) is 34.1. The van der Waals surface area contributed by atoms with Crippen molar-refractivity contribution in [2.75, 3.05) is 52.3 Å². The number of rotatable bonds is 24. The third-order valence-electron chi connectivity index (χ3n) is 13.7. The molecule has 0 bridgehead atoms. The van der Waals surface area contributed by atoms with E-state index in [4.69, 9.17) is 19.1 Å². The number of carbonyl (C=O) groups is 1. The molecule has 0 amide bonds. The van der Waals surface area contributed by atoms with Gasteiger partial charge in [0.05, 0.1) is 69.4 Å². The minimum Gasteiger partial charge on any atom is -0.481 e. The number of benzene rings is 2. The third-order valence-corrected chi connectivity index (χ3v) is 19.0. The number of nitrogens with zero attached hydrogens (tertiary/aromatic N) is 6. The number of aromatic nitrogens is 1. The van der Waals surface area contributed by atoms with Crippen LogP contribution in [-0.4, -0.2) is 132 Å². The number of amidine groups is 1. The number of fused-ring (bicyclic) bond motifs is 2. The van der Waals surface area contributed by atoms with Gasteiger partial charge < -0.3 is 10.0 Å². The van der Waals surface area contributed by atoms with Crippen molar-refractivity contribution in [2.45, 2.75) is 96.8 Å². The van der Waals surface area contributed by atoms with E-state index in [-0.39, 0.29) is 51.0 Å². The van der Waals surface area contributed by atoms with Crippen LogP contribution in [0.5, 0.6) is 0 Å². The molecule has 26 heteroatoms. The molecule has 0 radical (unpaired) electrons. The first-order chi connectivity index (χ1) is 37.5. The Morgan fingerprint density at radius 2 is 1.25 bits per heavy atom. The van der Waals surface area contributed by atoms with Crippen molar-refractivity contribution in [3.8, 4) is 23.7 Å². The van der Waals surface area contributed by atoms with Crippen LogP contribution in [0.1, 0.15) is 102 Å². The number of allylic oxidation sites excluding steroid dienone is 6. The molecule has 3 aliphatic heterocycles. The molecule has 0 spiro atoms. The smallest absolute Gasteiger partial charge is 0.327 e. The van der Waals surface area contributed by atoms with Crippen molar-refractivity contribution in [3.63, 3.8) is 0 Å². The first-order valence-electron chi connectivity index (χ1n) is 25.7. The molecular formula is C55H67N6O15S5+. The van der Waals surface area contributed by atoms with Gasteiger partial charge in [0, 0.05) is 59.9 Å². The second kappa shape index (κ2) is 25.3. The number of sulfonamides is 2. The van der Waals surface area contributed by atoms with Crippen LogP contribution in [-0.2, 0) is 67.2 Å². The number of aliphatic carboxylic acids is 1. The zero-order chi connectivity index (χ0) is 59.9. The summed E-state index contributed by atoms with van der Waals surface area (Å²) >= 11 is 0. The maximum Gasteiger partial charge on any atom is 0.327 e. The highest BCUT2D eigenvalue weighted by atomic mass is 32.2. The predicted octanol–water partition coefficient (Wildman–Crippen LogP) is 6.19. The number of carboxylic acids is 1. The third kappa shape index (κ3) is 17.5. The van der Waals surface area contributed by atoms with Gasteiger partial charge >= 0.3 is 11.8 Å². The summed E-state index contributed by atoms with van der Waals surface area (Å²) in [6.07, 6.45) is 14.9. The van der Waals surface area contributed by atoms with E-state index in [0.717, 1.165) is 38.0 Å². The Kier molecular flexibility index (Phi) is 19.9. The Morgan fingerprint density at radius 3 is 1.75 bits per heavy atom.